The molecule has 1 rings (SSSR count). The molecule has 1 aromatic heterocycles. The summed E-state index contributed by atoms with van der Waals surface area (Å²) in [6.45, 7) is 10.3. The van der Waals surface area contributed by atoms with E-state index in [4.69, 9.17) is 11.6 Å². The maximum Gasteiger partial charge on any atom is 0.137 e. The van der Waals surface area contributed by atoms with Crippen molar-refractivity contribution in [2.45, 2.75) is 46.1 Å². The summed E-state index contributed by atoms with van der Waals surface area (Å²) in [5.41, 5.74) is -0.0850. The third-order valence-electron chi connectivity index (χ3n) is 1.80. The Balaban J connectivity index is 3.06. The van der Waals surface area contributed by atoms with Crippen LogP contribution in [0.2, 0.25) is 5.15 Å². The highest BCUT2D eigenvalue weighted by molar-refractivity contribution is 6.29. The molecule has 15 heavy (non-hydrogen) atoms. The van der Waals surface area contributed by atoms with Crippen LogP contribution in [0.3, 0.4) is 0 Å². The zero-order chi connectivity index (χ0) is 11.6. The Morgan fingerprint density at radius 3 is 2.33 bits per heavy atom. The van der Waals surface area contributed by atoms with Crippen LogP contribution in [0.25, 0.3) is 0 Å². The first-order chi connectivity index (χ1) is 6.79. The molecule has 0 aliphatic heterocycles. The molecule has 0 aliphatic carbocycles. The molecule has 0 aliphatic rings. The van der Waals surface area contributed by atoms with Gasteiger partial charge in [-0.1, -0.05) is 32.4 Å². The van der Waals surface area contributed by atoms with E-state index in [0.717, 1.165) is 11.6 Å². The molecule has 0 saturated heterocycles. The lowest BCUT2D eigenvalue weighted by Gasteiger charge is -2.18. The molecule has 0 atom stereocenters. The Hall–Kier alpha value is -0.830. The molecule has 0 aromatic carbocycles. The number of rotatable bonds is 2. The van der Waals surface area contributed by atoms with Gasteiger partial charge in [0.2, 0.25) is 0 Å². The lowest BCUT2D eigenvalue weighted by atomic mass is 9.96. The van der Waals surface area contributed by atoms with E-state index in [9.17, 15) is 0 Å². The molecule has 0 amide bonds. The van der Waals surface area contributed by atoms with Gasteiger partial charge in [0.25, 0.3) is 0 Å². The molecule has 0 unspecified atom stereocenters. The average molecular weight is 228 g/mol. The largest absolute Gasteiger partial charge is 0.368 e. The highest BCUT2D eigenvalue weighted by atomic mass is 35.5. The van der Waals surface area contributed by atoms with E-state index < -0.39 is 0 Å². The minimum atomic E-state index is -0.0850. The number of hydrogen-bond donors (Lipinski definition) is 1. The van der Waals surface area contributed by atoms with Crippen LogP contribution in [0.1, 0.15) is 40.4 Å². The molecule has 0 fully saturated rings. The van der Waals surface area contributed by atoms with Gasteiger partial charge in [-0.3, -0.25) is 0 Å². The minimum Gasteiger partial charge on any atom is -0.368 e. The van der Waals surface area contributed by atoms with Crippen LogP contribution in [0, 0.1) is 0 Å². The van der Waals surface area contributed by atoms with E-state index in [0.29, 0.717) is 11.2 Å². The third-order valence-corrected chi connectivity index (χ3v) is 2.00. The first kappa shape index (κ1) is 12.2. The van der Waals surface area contributed by atoms with Gasteiger partial charge in [-0.2, -0.15) is 0 Å². The van der Waals surface area contributed by atoms with Crippen LogP contribution in [0.5, 0.6) is 0 Å². The fraction of sp³-hybridized carbons (Fsp3) is 0.636. The number of nitrogens with zero attached hydrogens (tertiary/aromatic N) is 2. The fourth-order valence-electron chi connectivity index (χ4n) is 1.12. The van der Waals surface area contributed by atoms with Crippen LogP contribution < -0.4 is 5.32 Å². The maximum atomic E-state index is 5.95. The number of aromatic nitrogens is 2. The molecule has 1 N–H and O–H groups in total. The average Bonchev–Trinajstić information content (AvgIpc) is 1.99. The topological polar surface area (TPSA) is 37.8 Å². The maximum absolute atomic E-state index is 5.95. The molecule has 84 valence electrons. The second kappa shape index (κ2) is 4.35. The standard InChI is InChI=1S/C11H18ClN3/c1-7(2)13-9-6-8(12)14-10(15-9)11(3,4)5/h6-7H,1-5H3,(H,13,14,15). The van der Waals surface area contributed by atoms with Crippen molar-refractivity contribution in [1.82, 2.24) is 9.97 Å². The van der Waals surface area contributed by atoms with Crippen molar-refractivity contribution in [3.05, 3.63) is 17.0 Å². The van der Waals surface area contributed by atoms with E-state index in [1.165, 1.54) is 0 Å². The number of hydrogen-bond acceptors (Lipinski definition) is 3. The van der Waals surface area contributed by atoms with Crippen molar-refractivity contribution in [3.8, 4) is 0 Å². The van der Waals surface area contributed by atoms with Gasteiger partial charge in [0.15, 0.2) is 0 Å². The summed E-state index contributed by atoms with van der Waals surface area (Å²) in [5, 5.41) is 3.71. The summed E-state index contributed by atoms with van der Waals surface area (Å²) >= 11 is 5.95. The lowest BCUT2D eigenvalue weighted by Crippen LogP contribution is -2.19. The van der Waals surface area contributed by atoms with E-state index in [1.54, 1.807) is 6.07 Å². The predicted octanol–water partition coefficient (Wildman–Crippen LogP) is 3.25. The number of nitrogens with one attached hydrogen (secondary N) is 1. The Bertz CT molecular complexity index is 342. The molecular weight excluding hydrogens is 210 g/mol. The quantitative estimate of drug-likeness (QED) is 0.789. The molecule has 1 heterocycles. The Labute approximate surface area is 96.3 Å². The van der Waals surface area contributed by atoms with E-state index in [-0.39, 0.29) is 5.41 Å². The van der Waals surface area contributed by atoms with Gasteiger partial charge in [-0.15, -0.1) is 0 Å². The van der Waals surface area contributed by atoms with Crippen LogP contribution in [-0.4, -0.2) is 16.0 Å². The Kier molecular flexibility index (Phi) is 3.55. The summed E-state index contributed by atoms with van der Waals surface area (Å²) in [6.07, 6.45) is 0. The van der Waals surface area contributed by atoms with Gasteiger partial charge in [0, 0.05) is 17.5 Å². The van der Waals surface area contributed by atoms with Crippen LogP contribution in [0.15, 0.2) is 6.07 Å². The molecular formula is C11H18ClN3. The summed E-state index contributed by atoms with van der Waals surface area (Å²) < 4.78 is 0. The SMILES string of the molecule is CC(C)Nc1cc(Cl)nc(C(C)(C)C)n1. The van der Waals surface area contributed by atoms with Gasteiger partial charge in [0.05, 0.1) is 0 Å². The smallest absolute Gasteiger partial charge is 0.137 e. The van der Waals surface area contributed by atoms with E-state index in [1.807, 2.05) is 0 Å². The van der Waals surface area contributed by atoms with Crippen LogP contribution >= 0.6 is 11.6 Å². The minimum absolute atomic E-state index is 0.0850. The first-order valence-electron chi connectivity index (χ1n) is 5.10. The second-order valence-corrected chi connectivity index (χ2v) is 5.34. The molecule has 0 bridgehead atoms. The van der Waals surface area contributed by atoms with Gasteiger partial charge in [-0.05, 0) is 13.8 Å². The fourth-order valence-corrected chi connectivity index (χ4v) is 1.31. The van der Waals surface area contributed by atoms with Crippen molar-refractivity contribution < 1.29 is 0 Å². The zero-order valence-electron chi connectivity index (χ0n) is 9.93. The Morgan fingerprint density at radius 2 is 1.87 bits per heavy atom. The number of halogens is 1. The summed E-state index contributed by atoms with van der Waals surface area (Å²) in [4.78, 5) is 8.67. The van der Waals surface area contributed by atoms with Crippen LogP contribution in [-0.2, 0) is 5.41 Å². The van der Waals surface area contributed by atoms with Gasteiger partial charge < -0.3 is 5.32 Å². The predicted molar refractivity (Wildman–Crippen MR) is 64.5 cm³/mol. The lowest BCUT2D eigenvalue weighted by molar-refractivity contribution is 0.545. The van der Waals surface area contributed by atoms with Crippen molar-refractivity contribution in [3.63, 3.8) is 0 Å². The van der Waals surface area contributed by atoms with Crippen molar-refractivity contribution in [2.24, 2.45) is 0 Å². The summed E-state index contributed by atoms with van der Waals surface area (Å²) in [6, 6.07) is 2.08. The highest BCUT2D eigenvalue weighted by Gasteiger charge is 2.18. The molecule has 3 nitrogen and oxygen atoms in total. The molecule has 0 radical (unpaired) electrons. The molecule has 4 heteroatoms. The van der Waals surface area contributed by atoms with Gasteiger partial charge in [0.1, 0.15) is 16.8 Å². The third kappa shape index (κ3) is 3.67. The molecule has 0 spiro atoms. The molecule has 0 saturated carbocycles. The zero-order valence-corrected chi connectivity index (χ0v) is 10.7. The summed E-state index contributed by atoms with van der Waals surface area (Å²) in [7, 11) is 0. The van der Waals surface area contributed by atoms with E-state index >= 15 is 0 Å². The van der Waals surface area contributed by atoms with Crippen molar-refractivity contribution >= 4 is 17.4 Å². The van der Waals surface area contributed by atoms with Crippen molar-refractivity contribution in [1.29, 1.82) is 0 Å². The normalized spacial score (nSPS) is 11.9. The van der Waals surface area contributed by atoms with Gasteiger partial charge >= 0.3 is 0 Å². The second-order valence-electron chi connectivity index (χ2n) is 4.95. The monoisotopic (exact) mass is 227 g/mol. The van der Waals surface area contributed by atoms with Gasteiger partial charge in [-0.25, -0.2) is 9.97 Å². The van der Waals surface area contributed by atoms with Crippen LogP contribution in [0.4, 0.5) is 5.82 Å². The molecule has 1 aromatic rings. The summed E-state index contributed by atoms with van der Waals surface area (Å²) in [5.74, 6) is 1.55. The van der Waals surface area contributed by atoms with E-state index in [2.05, 4.69) is 49.9 Å². The number of anilines is 1. The highest BCUT2D eigenvalue weighted by Crippen LogP contribution is 2.22. The van der Waals surface area contributed by atoms with Crippen molar-refractivity contribution in [2.75, 3.05) is 5.32 Å². The Morgan fingerprint density at radius 1 is 1.27 bits per heavy atom. The first-order valence-corrected chi connectivity index (χ1v) is 5.48.